The number of amides is 1. The number of benzene rings is 2. The van der Waals surface area contributed by atoms with Gasteiger partial charge in [0, 0.05) is 34.2 Å². The number of aliphatic carboxylic acids is 1. The van der Waals surface area contributed by atoms with Crippen LogP contribution in [-0.2, 0) is 16.1 Å². The van der Waals surface area contributed by atoms with Gasteiger partial charge in [0.1, 0.15) is 6.54 Å². The molecular formula is C22H18ClN3O3S. The van der Waals surface area contributed by atoms with Gasteiger partial charge in [0.25, 0.3) is 5.91 Å². The molecule has 1 aliphatic heterocycles. The molecule has 4 rings (SSSR count). The molecule has 0 radical (unpaired) electrons. The number of thioether (sulfide) groups is 1. The smallest absolute Gasteiger partial charge is 0.323 e. The van der Waals surface area contributed by atoms with Crippen molar-refractivity contribution >= 4 is 63.1 Å². The van der Waals surface area contributed by atoms with Crippen molar-refractivity contribution in [3.05, 3.63) is 69.7 Å². The predicted octanol–water partition coefficient (Wildman–Crippen LogP) is 4.92. The Bertz CT molecular complexity index is 1230. The van der Waals surface area contributed by atoms with E-state index in [0.717, 1.165) is 22.2 Å². The molecule has 1 saturated heterocycles. The Hall–Kier alpha value is -3.03. The zero-order chi connectivity index (χ0) is 21.4. The number of carbonyl (C=O) groups is 2. The third-order valence-electron chi connectivity index (χ3n) is 4.90. The maximum atomic E-state index is 12.8. The number of likely N-dealkylation sites (N-methyl/N-ethyl adjacent to an activating group) is 1. The fourth-order valence-electron chi connectivity index (χ4n) is 3.39. The van der Waals surface area contributed by atoms with Gasteiger partial charge in [-0.2, -0.15) is 0 Å². The van der Waals surface area contributed by atoms with Crippen LogP contribution >= 0.6 is 23.4 Å². The first kappa shape index (κ1) is 20.3. The van der Waals surface area contributed by atoms with Crippen LogP contribution in [0.4, 0.5) is 5.69 Å². The molecule has 6 nitrogen and oxygen atoms in total. The molecule has 0 atom stereocenters. The molecule has 0 unspecified atom stereocenters. The highest BCUT2D eigenvalue weighted by atomic mass is 35.5. The molecule has 1 N–H and O–H groups in total. The lowest BCUT2D eigenvalue weighted by Gasteiger charge is -2.07. The van der Waals surface area contributed by atoms with Gasteiger partial charge in [-0.15, -0.1) is 0 Å². The maximum absolute atomic E-state index is 12.8. The number of para-hydroxylation sites is 1. The van der Waals surface area contributed by atoms with E-state index < -0.39 is 5.97 Å². The highest BCUT2D eigenvalue weighted by molar-refractivity contribution is 8.18. The van der Waals surface area contributed by atoms with Gasteiger partial charge in [-0.25, -0.2) is 4.99 Å². The van der Waals surface area contributed by atoms with Crippen LogP contribution in [0.2, 0.25) is 5.02 Å². The first-order valence-corrected chi connectivity index (χ1v) is 10.4. The van der Waals surface area contributed by atoms with Crippen molar-refractivity contribution in [3.8, 4) is 0 Å². The lowest BCUT2D eigenvalue weighted by Crippen LogP contribution is -2.23. The highest BCUT2D eigenvalue weighted by Gasteiger charge is 2.31. The largest absolute Gasteiger partial charge is 0.480 e. The van der Waals surface area contributed by atoms with Crippen LogP contribution < -0.4 is 0 Å². The van der Waals surface area contributed by atoms with E-state index in [1.54, 1.807) is 35.9 Å². The molecule has 3 aromatic rings. The van der Waals surface area contributed by atoms with Crippen molar-refractivity contribution in [1.82, 2.24) is 9.47 Å². The highest BCUT2D eigenvalue weighted by Crippen LogP contribution is 2.36. The molecule has 1 aliphatic rings. The van der Waals surface area contributed by atoms with Crippen LogP contribution in [0.5, 0.6) is 0 Å². The molecule has 1 fully saturated rings. The van der Waals surface area contributed by atoms with E-state index in [1.165, 1.54) is 16.7 Å². The first-order chi connectivity index (χ1) is 14.3. The van der Waals surface area contributed by atoms with Crippen LogP contribution in [0.15, 0.2) is 58.4 Å². The number of amidine groups is 1. The Morgan fingerprint density at radius 3 is 2.60 bits per heavy atom. The molecular weight excluding hydrogens is 422 g/mol. The summed E-state index contributed by atoms with van der Waals surface area (Å²) in [5.74, 6) is -1.07. The van der Waals surface area contributed by atoms with Crippen molar-refractivity contribution in [1.29, 1.82) is 0 Å². The van der Waals surface area contributed by atoms with E-state index in [1.807, 2.05) is 37.3 Å². The van der Waals surface area contributed by atoms with E-state index in [2.05, 4.69) is 4.99 Å². The van der Waals surface area contributed by atoms with E-state index in [4.69, 9.17) is 11.6 Å². The van der Waals surface area contributed by atoms with Crippen molar-refractivity contribution in [2.75, 3.05) is 7.05 Å². The Labute approximate surface area is 182 Å². The van der Waals surface area contributed by atoms with Gasteiger partial charge in [-0.3, -0.25) is 14.5 Å². The van der Waals surface area contributed by atoms with Gasteiger partial charge in [0.2, 0.25) is 0 Å². The summed E-state index contributed by atoms with van der Waals surface area (Å²) in [6.07, 6.45) is 1.82. The van der Waals surface area contributed by atoms with Crippen molar-refractivity contribution in [2.45, 2.75) is 13.5 Å². The average Bonchev–Trinajstić information content (AvgIpc) is 3.13. The van der Waals surface area contributed by atoms with Crippen molar-refractivity contribution < 1.29 is 14.7 Å². The number of carboxylic acid groups (broad SMARTS) is 1. The maximum Gasteiger partial charge on any atom is 0.323 e. The van der Waals surface area contributed by atoms with E-state index in [-0.39, 0.29) is 12.5 Å². The number of nitrogens with zero attached hydrogens (tertiary/aromatic N) is 3. The molecule has 30 heavy (non-hydrogen) atoms. The van der Waals surface area contributed by atoms with Crippen molar-refractivity contribution in [3.63, 3.8) is 0 Å². The zero-order valence-electron chi connectivity index (χ0n) is 16.3. The second-order valence-electron chi connectivity index (χ2n) is 6.84. The number of hydrogen-bond acceptors (Lipinski definition) is 4. The topological polar surface area (TPSA) is 74.9 Å². The fourth-order valence-corrected chi connectivity index (χ4v) is 4.48. The molecule has 0 saturated carbocycles. The van der Waals surface area contributed by atoms with Gasteiger partial charge in [0.15, 0.2) is 5.17 Å². The van der Waals surface area contributed by atoms with Crippen LogP contribution in [0.3, 0.4) is 0 Å². The van der Waals surface area contributed by atoms with Gasteiger partial charge in [-0.05, 0) is 55.1 Å². The number of carboxylic acids is 1. The number of carbonyl (C=O) groups excluding carboxylic acids is 1. The van der Waals surface area contributed by atoms with Gasteiger partial charge >= 0.3 is 5.97 Å². The quantitative estimate of drug-likeness (QED) is 0.585. The Morgan fingerprint density at radius 2 is 1.90 bits per heavy atom. The average molecular weight is 440 g/mol. The number of hydrogen-bond donors (Lipinski definition) is 1. The van der Waals surface area contributed by atoms with Crippen LogP contribution in [-0.4, -0.2) is 38.7 Å². The van der Waals surface area contributed by atoms with Gasteiger partial charge in [-0.1, -0.05) is 29.8 Å². The third-order valence-corrected chi connectivity index (χ3v) is 6.22. The molecule has 0 aliphatic carbocycles. The minimum atomic E-state index is -0.915. The SMILES string of the molecule is Cc1c(/C=C2\SC(=Nc3ccc(Cl)cc3)N(C)C2=O)c2ccccc2n1CC(=O)O. The molecule has 0 bridgehead atoms. The summed E-state index contributed by atoms with van der Waals surface area (Å²) in [6, 6.07) is 14.7. The summed E-state index contributed by atoms with van der Waals surface area (Å²) in [5, 5.41) is 11.4. The van der Waals surface area contributed by atoms with E-state index in [0.29, 0.717) is 20.8 Å². The molecule has 0 spiro atoms. The molecule has 8 heteroatoms. The van der Waals surface area contributed by atoms with Crippen LogP contribution in [0.25, 0.3) is 17.0 Å². The lowest BCUT2D eigenvalue weighted by atomic mass is 10.1. The Kier molecular flexibility index (Phi) is 5.40. The normalized spacial score (nSPS) is 16.9. The van der Waals surface area contributed by atoms with Gasteiger partial charge in [0.05, 0.1) is 10.6 Å². The lowest BCUT2D eigenvalue weighted by molar-refractivity contribution is -0.137. The summed E-state index contributed by atoms with van der Waals surface area (Å²) >= 11 is 7.21. The molecule has 152 valence electrons. The Morgan fingerprint density at radius 1 is 1.20 bits per heavy atom. The molecule has 2 aromatic carbocycles. The molecule has 1 amide bonds. The molecule has 2 heterocycles. The molecule has 1 aromatic heterocycles. The minimum Gasteiger partial charge on any atom is -0.480 e. The zero-order valence-corrected chi connectivity index (χ0v) is 17.9. The fraction of sp³-hybridized carbons (Fsp3) is 0.136. The second-order valence-corrected chi connectivity index (χ2v) is 8.29. The third kappa shape index (κ3) is 3.74. The number of halogens is 1. The second kappa shape index (κ2) is 8.01. The number of rotatable bonds is 4. The summed E-state index contributed by atoms with van der Waals surface area (Å²) < 4.78 is 1.75. The Balaban J connectivity index is 1.76. The number of aromatic nitrogens is 1. The summed E-state index contributed by atoms with van der Waals surface area (Å²) in [5.41, 5.74) is 3.16. The van der Waals surface area contributed by atoms with Crippen LogP contribution in [0.1, 0.15) is 11.3 Å². The number of fused-ring (bicyclic) bond motifs is 1. The monoisotopic (exact) mass is 439 g/mol. The van der Waals surface area contributed by atoms with Crippen molar-refractivity contribution in [2.24, 2.45) is 4.99 Å². The number of aliphatic imine (C=N–C) groups is 1. The van der Waals surface area contributed by atoms with Gasteiger partial charge < -0.3 is 9.67 Å². The van der Waals surface area contributed by atoms with Crippen LogP contribution in [0, 0.1) is 6.92 Å². The summed E-state index contributed by atoms with van der Waals surface area (Å²) in [6.45, 7) is 1.73. The van der Waals surface area contributed by atoms with E-state index >= 15 is 0 Å². The minimum absolute atomic E-state index is 0.139. The van der Waals surface area contributed by atoms with E-state index in [9.17, 15) is 14.7 Å². The standard InChI is InChI=1S/C22H18ClN3O3S/c1-13-17(16-5-3-4-6-18(16)26(13)12-20(27)28)11-19-21(29)25(2)22(30-19)24-15-9-7-14(23)8-10-15/h3-11H,12H2,1-2H3,(H,27,28)/b19-11-,24-22?. The first-order valence-electron chi connectivity index (χ1n) is 9.16. The summed E-state index contributed by atoms with van der Waals surface area (Å²) in [4.78, 5) is 30.8. The summed E-state index contributed by atoms with van der Waals surface area (Å²) in [7, 11) is 1.69. The predicted molar refractivity (Wildman–Crippen MR) is 121 cm³/mol.